The Labute approximate surface area is 49.5 Å². The molecule has 44 valence electrons. The minimum Gasteiger partial charge on any atom is -0.396 e. The van der Waals surface area contributed by atoms with E-state index in [-0.39, 0.29) is 6.61 Å². The van der Waals surface area contributed by atoms with Gasteiger partial charge in [0.25, 0.3) is 0 Å². The Bertz CT molecular complexity index is 76.4. The summed E-state index contributed by atoms with van der Waals surface area (Å²) < 4.78 is 0. The predicted octanol–water partition coefficient (Wildman–Crippen LogP) is -0.753. The van der Waals surface area contributed by atoms with Crippen LogP contribution in [0.3, 0.4) is 0 Å². The number of aliphatic hydroxyl groups excluding tert-OH is 1. The summed E-state index contributed by atoms with van der Waals surface area (Å²) in [6.07, 6.45) is 0.558. The Morgan fingerprint density at radius 1 is 1.75 bits per heavy atom. The van der Waals surface area contributed by atoms with E-state index >= 15 is 0 Å². The topological polar surface area (TPSA) is 49.3 Å². The third kappa shape index (κ3) is 5.49. The highest BCUT2D eigenvalue weighted by Crippen LogP contribution is 1.69. The van der Waals surface area contributed by atoms with Gasteiger partial charge < -0.3 is 10.4 Å². The third-order valence-corrected chi connectivity index (χ3v) is 0.634. The highest BCUT2D eigenvalue weighted by Gasteiger charge is 1.86. The quantitative estimate of drug-likeness (QED) is 0.373. The minimum atomic E-state index is -0.543. The van der Waals surface area contributed by atoms with E-state index in [0.717, 1.165) is 0 Å². The van der Waals surface area contributed by atoms with Crippen molar-refractivity contribution in [3.63, 3.8) is 0 Å². The molecule has 0 spiro atoms. The number of hydrogen-bond donors (Lipinski definition) is 2. The summed E-state index contributed by atoms with van der Waals surface area (Å²) in [7, 11) is 4.70. The molecule has 4 heteroatoms. The van der Waals surface area contributed by atoms with Crippen LogP contribution in [0.25, 0.3) is 0 Å². The maximum Gasteiger partial charge on any atom is 0.200 e. The number of amides is 1. The Kier molecular flexibility index (Phi) is 4.36. The van der Waals surface area contributed by atoms with E-state index < -0.39 is 5.81 Å². The summed E-state index contributed by atoms with van der Waals surface area (Å²) in [4.78, 5) is 9.90. The lowest BCUT2D eigenvalue weighted by Gasteiger charge is -1.96. The molecule has 2 N–H and O–H groups in total. The summed E-state index contributed by atoms with van der Waals surface area (Å²) in [5.41, 5.74) is 0. The molecule has 3 nitrogen and oxygen atoms in total. The maximum atomic E-state index is 9.90. The summed E-state index contributed by atoms with van der Waals surface area (Å²) >= 11 is 0. The highest BCUT2D eigenvalue weighted by molar-refractivity contribution is 6.57. The van der Waals surface area contributed by atoms with Crippen molar-refractivity contribution >= 4 is 13.7 Å². The zero-order valence-corrected chi connectivity index (χ0v) is 4.55. The monoisotopic (exact) mass is 113 g/mol. The number of hydrogen-bond acceptors (Lipinski definition) is 2. The van der Waals surface area contributed by atoms with Gasteiger partial charge in [0.15, 0.2) is 13.7 Å². The van der Waals surface area contributed by atoms with Crippen LogP contribution < -0.4 is 5.32 Å². The molecule has 0 atom stereocenters. The molecule has 0 saturated carbocycles. The third-order valence-electron chi connectivity index (χ3n) is 0.634. The molecule has 0 rings (SSSR count). The van der Waals surface area contributed by atoms with Crippen LogP contribution in [0.5, 0.6) is 0 Å². The first-order chi connectivity index (χ1) is 3.77. The Balaban J connectivity index is 2.82. The predicted molar refractivity (Wildman–Crippen MR) is 30.9 cm³/mol. The van der Waals surface area contributed by atoms with E-state index in [9.17, 15) is 4.79 Å². The smallest absolute Gasteiger partial charge is 0.200 e. The van der Waals surface area contributed by atoms with Crippen molar-refractivity contribution in [2.24, 2.45) is 0 Å². The average molecular weight is 113 g/mol. The standard InChI is InChI=1S/C4H8BNO2/c5-4(8)6-2-1-3-7/h7H,1-3H2,(H,6,8). The SMILES string of the molecule is [B]C(=O)NCCCO. The van der Waals surface area contributed by atoms with Gasteiger partial charge in [0.2, 0.25) is 0 Å². The van der Waals surface area contributed by atoms with Crippen molar-refractivity contribution in [1.82, 2.24) is 5.32 Å². The highest BCUT2D eigenvalue weighted by atomic mass is 16.3. The van der Waals surface area contributed by atoms with Gasteiger partial charge in [0.1, 0.15) is 0 Å². The number of carbonyl (C=O) groups is 1. The number of rotatable bonds is 3. The zero-order valence-electron chi connectivity index (χ0n) is 4.55. The van der Waals surface area contributed by atoms with Crippen LogP contribution in [-0.4, -0.2) is 31.9 Å². The first-order valence-electron chi connectivity index (χ1n) is 2.41. The molecular weight excluding hydrogens is 105 g/mol. The fraction of sp³-hybridized carbons (Fsp3) is 0.750. The minimum absolute atomic E-state index is 0.0836. The van der Waals surface area contributed by atoms with Gasteiger partial charge in [-0.1, -0.05) is 0 Å². The molecule has 0 bridgehead atoms. The van der Waals surface area contributed by atoms with Gasteiger partial charge in [-0.25, -0.2) is 0 Å². The average Bonchev–Trinajstić information content (AvgIpc) is 1.66. The molecule has 0 unspecified atom stereocenters. The molecule has 0 aliphatic heterocycles. The van der Waals surface area contributed by atoms with Crippen molar-refractivity contribution in [1.29, 1.82) is 0 Å². The Hall–Kier alpha value is -0.505. The summed E-state index contributed by atoms with van der Waals surface area (Å²) in [5.74, 6) is -0.543. The van der Waals surface area contributed by atoms with Crippen LogP contribution in [0.1, 0.15) is 6.42 Å². The molecule has 0 aliphatic carbocycles. The molecule has 0 fully saturated rings. The molecule has 0 aromatic carbocycles. The van der Waals surface area contributed by atoms with Crippen LogP contribution in [0.4, 0.5) is 4.79 Å². The van der Waals surface area contributed by atoms with E-state index in [1.54, 1.807) is 0 Å². The summed E-state index contributed by atoms with van der Waals surface area (Å²) in [6.45, 7) is 0.534. The number of carbonyl (C=O) groups excluding carboxylic acids is 1. The number of aliphatic hydroxyl groups is 1. The molecule has 2 radical (unpaired) electrons. The Morgan fingerprint density at radius 2 is 2.38 bits per heavy atom. The first-order valence-corrected chi connectivity index (χ1v) is 2.41. The van der Waals surface area contributed by atoms with Crippen molar-refractivity contribution < 1.29 is 9.90 Å². The van der Waals surface area contributed by atoms with Crippen LogP contribution in [0.15, 0.2) is 0 Å². The maximum absolute atomic E-state index is 9.90. The summed E-state index contributed by atoms with van der Waals surface area (Å²) in [5, 5.41) is 10.5. The first kappa shape index (κ1) is 7.49. The van der Waals surface area contributed by atoms with Gasteiger partial charge in [-0.3, -0.25) is 4.79 Å². The van der Waals surface area contributed by atoms with Crippen LogP contribution >= 0.6 is 0 Å². The van der Waals surface area contributed by atoms with Gasteiger partial charge >= 0.3 is 0 Å². The van der Waals surface area contributed by atoms with E-state index in [2.05, 4.69) is 5.32 Å². The van der Waals surface area contributed by atoms with Crippen LogP contribution in [0, 0.1) is 0 Å². The van der Waals surface area contributed by atoms with E-state index in [1.165, 1.54) is 0 Å². The lowest BCUT2D eigenvalue weighted by molar-refractivity contribution is 0.256. The van der Waals surface area contributed by atoms with Gasteiger partial charge in [0.05, 0.1) is 0 Å². The van der Waals surface area contributed by atoms with Gasteiger partial charge in [-0.15, -0.1) is 0 Å². The number of nitrogens with one attached hydrogen (secondary N) is 1. The fourth-order valence-corrected chi connectivity index (χ4v) is 0.291. The van der Waals surface area contributed by atoms with Crippen molar-refractivity contribution in [2.45, 2.75) is 6.42 Å². The van der Waals surface area contributed by atoms with Gasteiger partial charge in [-0.2, -0.15) is 0 Å². The zero-order chi connectivity index (χ0) is 6.41. The van der Waals surface area contributed by atoms with Crippen molar-refractivity contribution in [3.05, 3.63) is 0 Å². The van der Waals surface area contributed by atoms with Gasteiger partial charge in [-0.05, 0) is 6.42 Å². The molecule has 0 aliphatic rings. The summed E-state index contributed by atoms with van der Waals surface area (Å²) in [6, 6.07) is 0. The van der Waals surface area contributed by atoms with E-state index in [4.69, 9.17) is 13.0 Å². The second-order valence-corrected chi connectivity index (χ2v) is 1.37. The Morgan fingerprint density at radius 3 is 2.75 bits per heavy atom. The molecular formula is C4H8BNO2. The second-order valence-electron chi connectivity index (χ2n) is 1.37. The van der Waals surface area contributed by atoms with Crippen LogP contribution in [0.2, 0.25) is 0 Å². The van der Waals surface area contributed by atoms with Crippen molar-refractivity contribution in [3.8, 4) is 0 Å². The molecule has 0 saturated heterocycles. The fourth-order valence-electron chi connectivity index (χ4n) is 0.291. The molecule has 8 heavy (non-hydrogen) atoms. The normalized spacial score (nSPS) is 8.62. The van der Waals surface area contributed by atoms with Crippen LogP contribution in [-0.2, 0) is 0 Å². The van der Waals surface area contributed by atoms with Gasteiger partial charge in [0, 0.05) is 13.2 Å². The van der Waals surface area contributed by atoms with Crippen molar-refractivity contribution in [2.75, 3.05) is 13.2 Å². The lowest BCUT2D eigenvalue weighted by Crippen LogP contribution is -2.22. The van der Waals surface area contributed by atoms with E-state index in [0.29, 0.717) is 13.0 Å². The largest absolute Gasteiger partial charge is 0.396 e. The second kappa shape index (κ2) is 4.65. The lowest BCUT2D eigenvalue weighted by atomic mass is 10.1. The van der Waals surface area contributed by atoms with E-state index in [1.807, 2.05) is 0 Å². The molecule has 1 amide bonds. The molecule has 0 aromatic heterocycles. The molecule has 0 aromatic rings. The molecule has 0 heterocycles.